The number of nitrogens with one attached hydrogen (secondary N) is 2. The molecule has 4 rings (SSSR count). The van der Waals surface area contributed by atoms with E-state index in [1.54, 1.807) is 0 Å². The molecule has 10 nitrogen and oxygen atoms in total. The van der Waals surface area contributed by atoms with Gasteiger partial charge in [0, 0.05) is 43.5 Å². The Morgan fingerprint density at radius 2 is 1.80 bits per heavy atom. The molecule has 0 saturated carbocycles. The summed E-state index contributed by atoms with van der Waals surface area (Å²) < 4.78 is 22.9. The quantitative estimate of drug-likeness (QED) is 0.305. The third kappa shape index (κ3) is 5.76. The lowest BCUT2D eigenvalue weighted by molar-refractivity contribution is -0.384. The van der Waals surface area contributed by atoms with Crippen molar-refractivity contribution < 1.29 is 18.1 Å². The first kappa shape index (κ1) is 24.2. The maximum absolute atomic E-state index is 12.6. The van der Waals surface area contributed by atoms with Gasteiger partial charge in [0.25, 0.3) is 5.69 Å². The number of hydrogen-bond donors (Lipinski definition) is 3. The van der Waals surface area contributed by atoms with Gasteiger partial charge in [-0.05, 0) is 41.8 Å². The number of carbonyl (C=O) groups excluding carboxylic acids is 1. The zero-order valence-electron chi connectivity index (χ0n) is 18.8. The first-order valence-electron chi connectivity index (χ1n) is 11.0. The minimum absolute atomic E-state index is 0.0506. The van der Waals surface area contributed by atoms with E-state index in [4.69, 9.17) is 5.14 Å². The van der Waals surface area contributed by atoms with Crippen molar-refractivity contribution in [3.05, 3.63) is 88.0 Å². The maximum Gasteiger partial charge on any atom is 0.293 e. The van der Waals surface area contributed by atoms with E-state index in [1.807, 2.05) is 36.4 Å². The zero-order valence-corrected chi connectivity index (χ0v) is 19.6. The Hall–Kier alpha value is -3.96. The van der Waals surface area contributed by atoms with Crippen molar-refractivity contribution in [2.45, 2.75) is 24.3 Å². The number of carbonyl (C=O) groups is 1. The predicted octanol–water partition coefficient (Wildman–Crippen LogP) is 3.25. The summed E-state index contributed by atoms with van der Waals surface area (Å²) in [6.07, 6.45) is 1.04. The van der Waals surface area contributed by atoms with E-state index in [1.165, 1.54) is 23.4 Å². The average molecular weight is 496 g/mol. The molecular weight excluding hydrogens is 470 g/mol. The van der Waals surface area contributed by atoms with Crippen LogP contribution < -0.4 is 20.7 Å². The highest BCUT2D eigenvalue weighted by Gasteiger charge is 2.21. The van der Waals surface area contributed by atoms with E-state index in [0.717, 1.165) is 24.6 Å². The highest BCUT2D eigenvalue weighted by molar-refractivity contribution is 7.89. The van der Waals surface area contributed by atoms with Crippen LogP contribution in [0.5, 0.6) is 0 Å². The van der Waals surface area contributed by atoms with E-state index in [0.29, 0.717) is 12.2 Å². The van der Waals surface area contributed by atoms with Crippen LogP contribution in [0.4, 0.5) is 22.7 Å². The fourth-order valence-corrected chi connectivity index (χ4v) is 4.60. The molecule has 11 heteroatoms. The Bertz CT molecular complexity index is 1380. The van der Waals surface area contributed by atoms with Crippen LogP contribution in [0, 0.1) is 10.1 Å². The molecule has 0 aliphatic carbocycles. The zero-order chi connectivity index (χ0) is 25.0. The fraction of sp³-hybridized carbons (Fsp3) is 0.208. The maximum atomic E-state index is 12.6. The second kappa shape index (κ2) is 10.1. The number of fused-ring (bicyclic) bond motifs is 1. The monoisotopic (exact) mass is 495 g/mol. The van der Waals surface area contributed by atoms with Crippen molar-refractivity contribution in [2.75, 3.05) is 28.6 Å². The Labute approximate surface area is 203 Å². The van der Waals surface area contributed by atoms with E-state index >= 15 is 0 Å². The molecule has 182 valence electrons. The summed E-state index contributed by atoms with van der Waals surface area (Å²) in [5.41, 5.74) is 3.88. The van der Waals surface area contributed by atoms with Crippen LogP contribution in [0.2, 0.25) is 0 Å². The molecule has 0 atom stereocenters. The number of hydrogen-bond acceptors (Lipinski definition) is 7. The highest BCUT2D eigenvalue weighted by atomic mass is 32.2. The van der Waals surface area contributed by atoms with Crippen LogP contribution in [0.25, 0.3) is 0 Å². The smallest absolute Gasteiger partial charge is 0.293 e. The summed E-state index contributed by atoms with van der Waals surface area (Å²) in [6.45, 7) is 1.69. The molecule has 0 spiro atoms. The van der Waals surface area contributed by atoms with E-state index in [-0.39, 0.29) is 29.5 Å². The molecule has 0 unspecified atom stereocenters. The summed E-state index contributed by atoms with van der Waals surface area (Å²) in [7, 11) is -4.07. The van der Waals surface area contributed by atoms with Crippen LogP contribution in [-0.4, -0.2) is 32.3 Å². The van der Waals surface area contributed by atoms with Gasteiger partial charge in [-0.2, -0.15) is 0 Å². The molecular formula is C24H25N5O5S. The molecule has 3 aromatic carbocycles. The third-order valence-electron chi connectivity index (χ3n) is 5.80. The molecule has 0 fully saturated rings. The number of anilines is 3. The molecule has 1 aliphatic rings. The van der Waals surface area contributed by atoms with Crippen LogP contribution in [0.3, 0.4) is 0 Å². The van der Waals surface area contributed by atoms with E-state index in [2.05, 4.69) is 27.7 Å². The van der Waals surface area contributed by atoms with Gasteiger partial charge < -0.3 is 15.5 Å². The topological polar surface area (TPSA) is 148 Å². The highest BCUT2D eigenvalue weighted by Crippen LogP contribution is 2.30. The fourth-order valence-electron chi connectivity index (χ4n) is 4.07. The molecule has 1 aliphatic heterocycles. The molecule has 0 radical (unpaired) electrons. The van der Waals surface area contributed by atoms with Gasteiger partial charge in [0.1, 0.15) is 5.69 Å². The van der Waals surface area contributed by atoms with E-state index < -0.39 is 20.6 Å². The number of benzene rings is 3. The van der Waals surface area contributed by atoms with Crippen LogP contribution in [-0.2, 0) is 27.8 Å². The van der Waals surface area contributed by atoms with Gasteiger partial charge >= 0.3 is 0 Å². The molecule has 1 amide bonds. The largest absolute Gasteiger partial charge is 0.379 e. The Kier molecular flexibility index (Phi) is 6.99. The molecule has 4 N–H and O–H groups in total. The van der Waals surface area contributed by atoms with Crippen molar-refractivity contribution in [2.24, 2.45) is 5.14 Å². The van der Waals surface area contributed by atoms with Crippen LogP contribution in [0.15, 0.2) is 71.6 Å². The summed E-state index contributed by atoms with van der Waals surface area (Å²) >= 11 is 0. The molecule has 35 heavy (non-hydrogen) atoms. The van der Waals surface area contributed by atoms with Crippen LogP contribution >= 0.6 is 0 Å². The first-order valence-corrected chi connectivity index (χ1v) is 12.5. The number of nitrogens with zero attached hydrogens (tertiary/aromatic N) is 2. The summed E-state index contributed by atoms with van der Waals surface area (Å²) in [4.78, 5) is 25.2. The summed E-state index contributed by atoms with van der Waals surface area (Å²) in [6, 6.07) is 19.2. The predicted molar refractivity (Wildman–Crippen MR) is 134 cm³/mol. The Morgan fingerprint density at radius 1 is 1.06 bits per heavy atom. The summed E-state index contributed by atoms with van der Waals surface area (Å²) in [5, 5.41) is 22.1. The van der Waals surface area contributed by atoms with Gasteiger partial charge in [0.15, 0.2) is 0 Å². The standard InChI is InChI=1S/C24H25N5O5S/c25-35(33,34)19-9-10-21(23(15-19)29(31)32)26-13-11-24(30)27-20-7-3-1-6-18(20)16-28-14-12-17-5-2-4-8-22(17)28/h1-10,15,26H,11-14,16H2,(H,27,30)(H2,25,33,34). The minimum atomic E-state index is -4.07. The van der Waals surface area contributed by atoms with Gasteiger partial charge in [-0.3, -0.25) is 14.9 Å². The lowest BCUT2D eigenvalue weighted by Gasteiger charge is -2.21. The average Bonchev–Trinajstić information content (AvgIpc) is 3.22. The molecule has 0 aromatic heterocycles. The first-order chi connectivity index (χ1) is 16.7. The number of nitro groups is 1. The van der Waals surface area contributed by atoms with E-state index in [9.17, 15) is 23.3 Å². The molecule has 3 aromatic rings. The Morgan fingerprint density at radius 3 is 2.57 bits per heavy atom. The number of amides is 1. The number of sulfonamides is 1. The normalized spacial score (nSPS) is 12.8. The van der Waals surface area contributed by atoms with Gasteiger partial charge in [-0.1, -0.05) is 36.4 Å². The minimum Gasteiger partial charge on any atom is -0.379 e. The van der Waals surface area contributed by atoms with Gasteiger partial charge in [-0.15, -0.1) is 0 Å². The number of para-hydroxylation sites is 2. The molecule has 0 saturated heterocycles. The number of nitrogens with two attached hydrogens (primary N) is 1. The lowest BCUT2D eigenvalue weighted by Crippen LogP contribution is -2.22. The van der Waals surface area contributed by atoms with Crippen molar-refractivity contribution in [1.82, 2.24) is 0 Å². The SMILES string of the molecule is NS(=O)(=O)c1ccc(NCCC(=O)Nc2ccccc2CN2CCc3ccccc32)c([N+](=O)[O-])c1. The second-order valence-electron chi connectivity index (χ2n) is 8.16. The number of primary sulfonamides is 1. The van der Waals surface area contributed by atoms with Gasteiger partial charge in [0.05, 0.1) is 9.82 Å². The molecule has 0 bridgehead atoms. The van der Waals surface area contributed by atoms with Crippen molar-refractivity contribution in [1.29, 1.82) is 0 Å². The Balaban J connectivity index is 1.38. The van der Waals surface area contributed by atoms with Gasteiger partial charge in [-0.25, -0.2) is 13.6 Å². The van der Waals surface area contributed by atoms with Crippen LogP contribution in [0.1, 0.15) is 17.5 Å². The third-order valence-corrected chi connectivity index (χ3v) is 6.71. The van der Waals surface area contributed by atoms with Crippen molar-refractivity contribution in [3.8, 4) is 0 Å². The van der Waals surface area contributed by atoms with Crippen molar-refractivity contribution >= 4 is 38.7 Å². The molecule has 1 heterocycles. The van der Waals surface area contributed by atoms with Gasteiger partial charge in [0.2, 0.25) is 15.9 Å². The summed E-state index contributed by atoms with van der Waals surface area (Å²) in [5.74, 6) is -0.254. The second-order valence-corrected chi connectivity index (χ2v) is 9.72. The number of rotatable bonds is 9. The lowest BCUT2D eigenvalue weighted by atomic mass is 10.1. The van der Waals surface area contributed by atoms with Crippen molar-refractivity contribution in [3.63, 3.8) is 0 Å². The number of nitro benzene ring substituents is 1.